The summed E-state index contributed by atoms with van der Waals surface area (Å²) in [4.78, 5) is 17.1. The standard InChI is InChI=1S/C21H13BrClFN4O/c22-14-4-2-6-17(12-14)25-21(29)19-26-20(13-3-1-5-15(23)11-13)28(27-19)18-9-7-16(24)8-10-18/h1-12H,(H,25,29). The molecule has 5 nitrogen and oxygen atoms in total. The topological polar surface area (TPSA) is 59.8 Å². The lowest BCUT2D eigenvalue weighted by Crippen LogP contribution is -2.14. The number of nitrogens with zero attached hydrogens (tertiary/aromatic N) is 3. The maximum atomic E-state index is 13.4. The van der Waals surface area contributed by atoms with Gasteiger partial charge in [0.15, 0.2) is 5.82 Å². The zero-order chi connectivity index (χ0) is 20.4. The molecule has 0 aliphatic heterocycles. The average molecular weight is 472 g/mol. The minimum Gasteiger partial charge on any atom is -0.319 e. The molecule has 1 aromatic heterocycles. The predicted molar refractivity (Wildman–Crippen MR) is 114 cm³/mol. The number of carbonyl (C=O) groups is 1. The van der Waals surface area contributed by atoms with Crippen molar-refractivity contribution in [3.63, 3.8) is 0 Å². The van der Waals surface area contributed by atoms with E-state index in [9.17, 15) is 9.18 Å². The van der Waals surface area contributed by atoms with Crippen LogP contribution in [-0.4, -0.2) is 20.7 Å². The van der Waals surface area contributed by atoms with Crippen molar-refractivity contribution in [2.45, 2.75) is 0 Å². The maximum Gasteiger partial charge on any atom is 0.295 e. The van der Waals surface area contributed by atoms with Crippen molar-refractivity contribution >= 4 is 39.1 Å². The molecule has 0 spiro atoms. The van der Waals surface area contributed by atoms with Gasteiger partial charge in [-0.15, -0.1) is 5.10 Å². The van der Waals surface area contributed by atoms with Crippen LogP contribution in [0.15, 0.2) is 77.3 Å². The smallest absolute Gasteiger partial charge is 0.295 e. The fourth-order valence-electron chi connectivity index (χ4n) is 2.74. The minimum absolute atomic E-state index is 0.0238. The molecule has 1 N–H and O–H groups in total. The summed E-state index contributed by atoms with van der Waals surface area (Å²) in [6.07, 6.45) is 0. The normalized spacial score (nSPS) is 10.7. The number of rotatable bonds is 4. The summed E-state index contributed by atoms with van der Waals surface area (Å²) < 4.78 is 15.7. The summed E-state index contributed by atoms with van der Waals surface area (Å²) in [5.41, 5.74) is 1.85. The largest absolute Gasteiger partial charge is 0.319 e. The molecule has 0 fully saturated rings. The van der Waals surface area contributed by atoms with Gasteiger partial charge < -0.3 is 5.32 Å². The van der Waals surface area contributed by atoms with Crippen LogP contribution in [0.2, 0.25) is 5.02 Å². The molecular formula is C21H13BrClFN4O. The highest BCUT2D eigenvalue weighted by molar-refractivity contribution is 9.10. The Kier molecular flexibility index (Phi) is 5.42. The van der Waals surface area contributed by atoms with Gasteiger partial charge in [-0.3, -0.25) is 4.79 Å². The number of anilines is 1. The van der Waals surface area contributed by atoms with Crippen LogP contribution in [0, 0.1) is 5.82 Å². The van der Waals surface area contributed by atoms with Gasteiger partial charge in [0.25, 0.3) is 5.91 Å². The number of amides is 1. The van der Waals surface area contributed by atoms with Gasteiger partial charge in [0, 0.05) is 20.7 Å². The van der Waals surface area contributed by atoms with Crippen molar-refractivity contribution in [1.82, 2.24) is 14.8 Å². The number of hydrogen-bond donors (Lipinski definition) is 1. The van der Waals surface area contributed by atoms with Crippen LogP contribution < -0.4 is 5.32 Å². The molecule has 0 atom stereocenters. The Morgan fingerprint density at radius 1 is 1.03 bits per heavy atom. The van der Waals surface area contributed by atoms with E-state index in [4.69, 9.17) is 11.6 Å². The second kappa shape index (κ2) is 8.14. The molecule has 1 heterocycles. The number of halogens is 3. The molecule has 0 saturated heterocycles. The van der Waals surface area contributed by atoms with Gasteiger partial charge in [-0.25, -0.2) is 14.1 Å². The number of hydrogen-bond acceptors (Lipinski definition) is 3. The maximum absolute atomic E-state index is 13.4. The molecular weight excluding hydrogens is 459 g/mol. The fourth-order valence-corrected chi connectivity index (χ4v) is 3.33. The fraction of sp³-hybridized carbons (Fsp3) is 0. The van der Waals surface area contributed by atoms with Gasteiger partial charge in [0.05, 0.1) is 5.69 Å². The van der Waals surface area contributed by atoms with Crippen molar-refractivity contribution < 1.29 is 9.18 Å². The molecule has 1 amide bonds. The van der Waals surface area contributed by atoms with Crippen LogP contribution in [0.4, 0.5) is 10.1 Å². The van der Waals surface area contributed by atoms with Crippen molar-refractivity contribution in [2.24, 2.45) is 0 Å². The van der Waals surface area contributed by atoms with Crippen LogP contribution in [0.25, 0.3) is 17.1 Å². The molecule has 0 unspecified atom stereocenters. The Labute approximate surface area is 179 Å². The Bertz CT molecular complexity index is 1190. The third-order valence-electron chi connectivity index (χ3n) is 4.05. The lowest BCUT2D eigenvalue weighted by molar-refractivity contribution is 0.101. The lowest BCUT2D eigenvalue weighted by atomic mass is 10.2. The van der Waals surface area contributed by atoms with E-state index in [1.807, 2.05) is 18.2 Å². The highest BCUT2D eigenvalue weighted by Crippen LogP contribution is 2.24. The first kappa shape index (κ1) is 19.3. The summed E-state index contributed by atoms with van der Waals surface area (Å²) in [5.74, 6) is -0.444. The van der Waals surface area contributed by atoms with Crippen molar-refractivity contribution in [3.05, 3.63) is 93.9 Å². The summed E-state index contributed by atoms with van der Waals surface area (Å²) in [5, 5.41) is 7.64. The summed E-state index contributed by atoms with van der Waals surface area (Å²) in [7, 11) is 0. The molecule has 0 bridgehead atoms. The highest BCUT2D eigenvalue weighted by Gasteiger charge is 2.19. The van der Waals surface area contributed by atoms with E-state index in [1.54, 1.807) is 42.5 Å². The number of benzene rings is 3. The number of carbonyl (C=O) groups excluding carboxylic acids is 1. The predicted octanol–water partition coefficient (Wildman–Crippen LogP) is 5.74. The van der Waals surface area contributed by atoms with E-state index in [-0.39, 0.29) is 11.6 Å². The Morgan fingerprint density at radius 2 is 1.79 bits per heavy atom. The zero-order valence-corrected chi connectivity index (χ0v) is 17.2. The van der Waals surface area contributed by atoms with Crippen LogP contribution in [0.1, 0.15) is 10.6 Å². The highest BCUT2D eigenvalue weighted by atomic mass is 79.9. The van der Waals surface area contributed by atoms with Gasteiger partial charge in [-0.2, -0.15) is 0 Å². The van der Waals surface area contributed by atoms with Crippen molar-refractivity contribution in [1.29, 1.82) is 0 Å². The second-order valence-corrected chi connectivity index (χ2v) is 7.47. The SMILES string of the molecule is O=C(Nc1cccc(Br)c1)c1nc(-c2cccc(Cl)c2)n(-c2ccc(F)cc2)n1. The summed E-state index contributed by atoms with van der Waals surface area (Å²) >= 11 is 9.48. The van der Waals surface area contributed by atoms with Crippen LogP contribution in [-0.2, 0) is 0 Å². The van der Waals surface area contributed by atoms with Crippen molar-refractivity contribution in [3.8, 4) is 17.1 Å². The Balaban J connectivity index is 1.76. The van der Waals surface area contributed by atoms with E-state index in [0.717, 1.165) is 4.47 Å². The quantitative estimate of drug-likeness (QED) is 0.413. The summed E-state index contributed by atoms with van der Waals surface area (Å²) in [6, 6.07) is 20.0. The zero-order valence-electron chi connectivity index (χ0n) is 14.8. The monoisotopic (exact) mass is 470 g/mol. The van der Waals surface area contributed by atoms with E-state index in [0.29, 0.717) is 27.8 Å². The van der Waals surface area contributed by atoms with Gasteiger partial charge in [-0.05, 0) is 54.6 Å². The molecule has 4 aromatic rings. The molecule has 0 saturated carbocycles. The number of nitrogens with one attached hydrogen (secondary N) is 1. The third-order valence-corrected chi connectivity index (χ3v) is 4.78. The van der Waals surface area contributed by atoms with Gasteiger partial charge in [-0.1, -0.05) is 45.7 Å². The minimum atomic E-state index is -0.466. The van der Waals surface area contributed by atoms with Crippen LogP contribution in [0.5, 0.6) is 0 Å². The first-order chi connectivity index (χ1) is 14.0. The lowest BCUT2D eigenvalue weighted by Gasteiger charge is -2.06. The van der Waals surface area contributed by atoms with Gasteiger partial charge in [0.2, 0.25) is 5.82 Å². The Morgan fingerprint density at radius 3 is 2.52 bits per heavy atom. The molecule has 8 heteroatoms. The molecule has 29 heavy (non-hydrogen) atoms. The summed E-state index contributed by atoms with van der Waals surface area (Å²) in [6.45, 7) is 0. The van der Waals surface area contributed by atoms with E-state index >= 15 is 0 Å². The Hall–Kier alpha value is -3.03. The molecule has 144 valence electrons. The van der Waals surface area contributed by atoms with E-state index in [2.05, 4.69) is 31.3 Å². The molecule has 0 aliphatic carbocycles. The van der Waals surface area contributed by atoms with E-state index in [1.165, 1.54) is 16.8 Å². The third kappa shape index (κ3) is 4.36. The average Bonchev–Trinajstić information content (AvgIpc) is 3.14. The van der Waals surface area contributed by atoms with E-state index < -0.39 is 5.91 Å². The number of aromatic nitrogens is 3. The van der Waals surface area contributed by atoms with Crippen LogP contribution in [0.3, 0.4) is 0 Å². The van der Waals surface area contributed by atoms with Gasteiger partial charge in [0.1, 0.15) is 5.82 Å². The van der Waals surface area contributed by atoms with Crippen LogP contribution >= 0.6 is 27.5 Å². The second-order valence-electron chi connectivity index (χ2n) is 6.12. The van der Waals surface area contributed by atoms with Crippen molar-refractivity contribution in [2.75, 3.05) is 5.32 Å². The molecule has 3 aromatic carbocycles. The first-order valence-corrected chi connectivity index (χ1v) is 9.72. The molecule has 0 aliphatic rings. The molecule has 4 rings (SSSR count). The molecule has 0 radical (unpaired) electrons. The first-order valence-electron chi connectivity index (χ1n) is 8.55. The van der Waals surface area contributed by atoms with Gasteiger partial charge >= 0.3 is 0 Å².